The van der Waals surface area contributed by atoms with E-state index in [1.807, 2.05) is 6.07 Å². The number of β-amino-alcohol motifs (C(OH)–C–C–N with tert-alkyl or cyclic N) is 1. The van der Waals surface area contributed by atoms with Gasteiger partial charge in [-0.1, -0.05) is 22.0 Å². The second-order valence-corrected chi connectivity index (χ2v) is 6.52. The molecule has 0 saturated carbocycles. The molecule has 2 rings (SSSR count). The lowest BCUT2D eigenvalue weighted by atomic mass is 9.95. The molecule has 2 N–H and O–H groups in total. The van der Waals surface area contributed by atoms with Gasteiger partial charge in [-0.25, -0.2) is 0 Å². The standard InChI is InChI=1S/C15H19BrN2O3/c1-15(21)6-3-7-18(10-15)13(19)9-17-14(20)11-4-2-5-12(16)8-11/h2,4-5,8,21H,3,6-7,9-10H2,1H3,(H,17,20). The lowest BCUT2D eigenvalue weighted by Crippen LogP contribution is -2.51. The van der Waals surface area contributed by atoms with Gasteiger partial charge in [-0.2, -0.15) is 0 Å². The fourth-order valence-electron chi connectivity index (χ4n) is 2.43. The molecule has 0 aromatic heterocycles. The predicted molar refractivity (Wildman–Crippen MR) is 82.9 cm³/mol. The van der Waals surface area contributed by atoms with Gasteiger partial charge in [0.05, 0.1) is 12.1 Å². The van der Waals surface area contributed by atoms with Crippen molar-refractivity contribution >= 4 is 27.7 Å². The van der Waals surface area contributed by atoms with E-state index in [-0.39, 0.29) is 18.4 Å². The summed E-state index contributed by atoms with van der Waals surface area (Å²) in [5, 5.41) is 12.6. The van der Waals surface area contributed by atoms with E-state index in [1.165, 1.54) is 0 Å². The molecule has 1 aliphatic rings. The third kappa shape index (κ3) is 4.54. The van der Waals surface area contributed by atoms with Crippen molar-refractivity contribution in [3.63, 3.8) is 0 Å². The summed E-state index contributed by atoms with van der Waals surface area (Å²) in [6, 6.07) is 6.99. The average molecular weight is 355 g/mol. The largest absolute Gasteiger partial charge is 0.388 e. The molecule has 21 heavy (non-hydrogen) atoms. The molecular formula is C15H19BrN2O3. The Morgan fingerprint density at radius 1 is 1.48 bits per heavy atom. The van der Waals surface area contributed by atoms with E-state index in [4.69, 9.17) is 0 Å². The molecule has 6 heteroatoms. The van der Waals surface area contributed by atoms with Gasteiger partial charge in [0.25, 0.3) is 5.91 Å². The molecule has 1 fully saturated rings. The van der Waals surface area contributed by atoms with Crippen LogP contribution in [0, 0.1) is 0 Å². The molecule has 1 aromatic rings. The van der Waals surface area contributed by atoms with Crippen LogP contribution in [0.1, 0.15) is 30.1 Å². The Morgan fingerprint density at radius 3 is 2.90 bits per heavy atom. The van der Waals surface area contributed by atoms with E-state index in [0.29, 0.717) is 25.1 Å². The number of piperidine rings is 1. The van der Waals surface area contributed by atoms with E-state index in [2.05, 4.69) is 21.2 Å². The second kappa shape index (κ2) is 6.58. The Bertz CT molecular complexity index is 545. The summed E-state index contributed by atoms with van der Waals surface area (Å²) in [5.74, 6) is -0.452. The summed E-state index contributed by atoms with van der Waals surface area (Å²) < 4.78 is 0.813. The monoisotopic (exact) mass is 354 g/mol. The van der Waals surface area contributed by atoms with Gasteiger partial charge in [-0.3, -0.25) is 9.59 Å². The number of aliphatic hydroxyl groups is 1. The molecular weight excluding hydrogens is 336 g/mol. The molecule has 1 unspecified atom stereocenters. The van der Waals surface area contributed by atoms with Crippen molar-refractivity contribution in [2.45, 2.75) is 25.4 Å². The number of benzene rings is 1. The summed E-state index contributed by atoms with van der Waals surface area (Å²) in [6.07, 6.45) is 1.47. The molecule has 2 amide bonds. The number of halogens is 1. The van der Waals surface area contributed by atoms with Gasteiger partial charge in [-0.15, -0.1) is 0 Å². The number of hydrogen-bond donors (Lipinski definition) is 2. The molecule has 1 saturated heterocycles. The van der Waals surface area contributed by atoms with Crippen molar-refractivity contribution in [1.82, 2.24) is 10.2 Å². The lowest BCUT2D eigenvalue weighted by molar-refractivity contribution is -0.136. The first-order valence-corrected chi connectivity index (χ1v) is 7.71. The maximum absolute atomic E-state index is 12.1. The molecule has 0 radical (unpaired) electrons. The Balaban J connectivity index is 1.88. The number of rotatable bonds is 3. The van der Waals surface area contributed by atoms with Gasteiger partial charge in [0.2, 0.25) is 5.91 Å². The Kier molecular flexibility index (Phi) is 5.00. The number of hydrogen-bond acceptors (Lipinski definition) is 3. The number of carbonyl (C=O) groups is 2. The first-order valence-electron chi connectivity index (χ1n) is 6.91. The van der Waals surface area contributed by atoms with Crippen LogP contribution in [0.2, 0.25) is 0 Å². The minimum absolute atomic E-state index is 0.0541. The van der Waals surface area contributed by atoms with Crippen LogP contribution in [0.4, 0.5) is 0 Å². The molecule has 0 bridgehead atoms. The van der Waals surface area contributed by atoms with Gasteiger partial charge in [0.15, 0.2) is 0 Å². The fraction of sp³-hybridized carbons (Fsp3) is 0.467. The number of carbonyl (C=O) groups excluding carboxylic acids is 2. The Morgan fingerprint density at radius 2 is 2.24 bits per heavy atom. The maximum atomic E-state index is 12.1. The van der Waals surface area contributed by atoms with Crippen molar-refractivity contribution in [2.75, 3.05) is 19.6 Å². The topological polar surface area (TPSA) is 69.6 Å². The van der Waals surface area contributed by atoms with Crippen LogP contribution in [0.25, 0.3) is 0 Å². The van der Waals surface area contributed by atoms with Crippen LogP contribution in [0.3, 0.4) is 0 Å². The van der Waals surface area contributed by atoms with Crippen molar-refractivity contribution in [3.05, 3.63) is 34.3 Å². The van der Waals surface area contributed by atoms with Crippen molar-refractivity contribution in [3.8, 4) is 0 Å². The fourth-order valence-corrected chi connectivity index (χ4v) is 2.83. The average Bonchev–Trinajstić information content (AvgIpc) is 2.43. The second-order valence-electron chi connectivity index (χ2n) is 5.61. The molecule has 0 spiro atoms. The summed E-state index contributed by atoms with van der Waals surface area (Å²) in [5.41, 5.74) is -0.329. The summed E-state index contributed by atoms with van der Waals surface area (Å²) in [7, 11) is 0. The quantitative estimate of drug-likeness (QED) is 0.865. The van der Waals surface area contributed by atoms with Gasteiger partial charge in [0.1, 0.15) is 0 Å². The van der Waals surface area contributed by atoms with Gasteiger partial charge in [0, 0.05) is 23.1 Å². The number of likely N-dealkylation sites (tertiary alicyclic amines) is 1. The molecule has 1 aromatic carbocycles. The van der Waals surface area contributed by atoms with Crippen LogP contribution in [-0.2, 0) is 4.79 Å². The zero-order valence-corrected chi connectivity index (χ0v) is 13.5. The van der Waals surface area contributed by atoms with E-state index < -0.39 is 5.60 Å². The Hall–Kier alpha value is -1.40. The van der Waals surface area contributed by atoms with Crippen molar-refractivity contribution in [1.29, 1.82) is 0 Å². The van der Waals surface area contributed by atoms with E-state index in [9.17, 15) is 14.7 Å². The van der Waals surface area contributed by atoms with Crippen LogP contribution in [0.15, 0.2) is 28.7 Å². The third-order valence-electron chi connectivity index (χ3n) is 3.51. The summed E-state index contributed by atoms with van der Waals surface area (Å²) in [6.45, 7) is 2.62. The van der Waals surface area contributed by atoms with Gasteiger partial charge in [-0.05, 0) is 38.0 Å². The Labute approximate surface area is 132 Å². The van der Waals surface area contributed by atoms with Crippen LogP contribution in [-0.4, -0.2) is 47.1 Å². The van der Waals surface area contributed by atoms with Crippen LogP contribution >= 0.6 is 15.9 Å². The zero-order valence-electron chi connectivity index (χ0n) is 11.9. The maximum Gasteiger partial charge on any atom is 0.251 e. The lowest BCUT2D eigenvalue weighted by Gasteiger charge is -2.36. The highest BCUT2D eigenvalue weighted by atomic mass is 79.9. The first kappa shape index (κ1) is 16.0. The van der Waals surface area contributed by atoms with Crippen LogP contribution in [0.5, 0.6) is 0 Å². The number of nitrogens with one attached hydrogen (secondary N) is 1. The highest BCUT2D eigenvalue weighted by Crippen LogP contribution is 2.20. The molecule has 1 heterocycles. The van der Waals surface area contributed by atoms with E-state index in [0.717, 1.165) is 10.9 Å². The molecule has 1 aliphatic heterocycles. The molecule has 114 valence electrons. The predicted octanol–water partition coefficient (Wildman–Crippen LogP) is 1.55. The van der Waals surface area contributed by atoms with Crippen molar-refractivity contribution < 1.29 is 14.7 Å². The molecule has 5 nitrogen and oxygen atoms in total. The van der Waals surface area contributed by atoms with Crippen LogP contribution < -0.4 is 5.32 Å². The minimum atomic E-state index is -0.831. The van der Waals surface area contributed by atoms with Crippen molar-refractivity contribution in [2.24, 2.45) is 0 Å². The minimum Gasteiger partial charge on any atom is -0.388 e. The molecule has 1 atom stereocenters. The van der Waals surface area contributed by atoms with Gasteiger partial charge >= 0.3 is 0 Å². The molecule has 0 aliphatic carbocycles. The third-order valence-corrected chi connectivity index (χ3v) is 4.01. The number of nitrogens with zero attached hydrogens (tertiary/aromatic N) is 1. The summed E-state index contributed by atoms with van der Waals surface area (Å²) >= 11 is 3.30. The smallest absolute Gasteiger partial charge is 0.251 e. The highest BCUT2D eigenvalue weighted by Gasteiger charge is 2.30. The van der Waals surface area contributed by atoms with E-state index >= 15 is 0 Å². The SMILES string of the molecule is CC1(O)CCCN(C(=O)CNC(=O)c2cccc(Br)c2)C1. The number of amides is 2. The van der Waals surface area contributed by atoms with E-state index in [1.54, 1.807) is 30.0 Å². The summed E-state index contributed by atoms with van der Waals surface area (Å²) in [4.78, 5) is 25.6. The first-order chi connectivity index (χ1) is 9.87. The van der Waals surface area contributed by atoms with Gasteiger partial charge < -0.3 is 15.3 Å². The zero-order chi connectivity index (χ0) is 15.5. The normalized spacial score (nSPS) is 22.0. The highest BCUT2D eigenvalue weighted by molar-refractivity contribution is 9.10.